The van der Waals surface area contributed by atoms with Crippen molar-refractivity contribution in [2.45, 2.75) is 6.54 Å². The Morgan fingerprint density at radius 1 is 1.28 bits per heavy atom. The van der Waals surface area contributed by atoms with Crippen LogP contribution in [0.1, 0.15) is 5.89 Å². The first kappa shape index (κ1) is 11.7. The Balaban J connectivity index is 1.69. The first-order chi connectivity index (χ1) is 8.92. The van der Waals surface area contributed by atoms with Crippen LogP contribution >= 0.6 is 11.8 Å². The minimum absolute atomic E-state index is 0.546. The van der Waals surface area contributed by atoms with Crippen molar-refractivity contribution in [1.82, 2.24) is 20.1 Å². The molecule has 0 atom stereocenters. The summed E-state index contributed by atoms with van der Waals surface area (Å²) in [4.78, 5) is 6.39. The van der Waals surface area contributed by atoms with E-state index in [2.05, 4.69) is 20.1 Å². The number of pyridine rings is 1. The third kappa shape index (κ3) is 2.70. The van der Waals surface area contributed by atoms with Crippen LogP contribution in [0.15, 0.2) is 28.9 Å². The van der Waals surface area contributed by atoms with E-state index in [-0.39, 0.29) is 0 Å². The van der Waals surface area contributed by atoms with Crippen molar-refractivity contribution in [3.63, 3.8) is 0 Å². The van der Waals surface area contributed by atoms with E-state index in [9.17, 15) is 0 Å². The van der Waals surface area contributed by atoms with E-state index in [1.165, 1.54) is 11.5 Å². The highest BCUT2D eigenvalue weighted by atomic mass is 32.2. The lowest BCUT2D eigenvalue weighted by Crippen LogP contribution is -2.32. The first-order valence-corrected chi connectivity index (χ1v) is 7.10. The van der Waals surface area contributed by atoms with Crippen LogP contribution in [-0.2, 0) is 6.54 Å². The van der Waals surface area contributed by atoms with Gasteiger partial charge >= 0.3 is 0 Å². The van der Waals surface area contributed by atoms with Gasteiger partial charge in [-0.25, -0.2) is 0 Å². The smallest absolute Gasteiger partial charge is 0.249 e. The van der Waals surface area contributed by atoms with Crippen LogP contribution < -0.4 is 0 Å². The summed E-state index contributed by atoms with van der Waals surface area (Å²) >= 11 is 1.99. The molecule has 3 heterocycles. The van der Waals surface area contributed by atoms with Crippen molar-refractivity contribution in [3.8, 4) is 11.5 Å². The lowest BCUT2D eigenvalue weighted by atomic mass is 10.3. The van der Waals surface area contributed by atoms with Gasteiger partial charge in [-0.1, -0.05) is 0 Å². The Bertz CT molecular complexity index is 496. The average Bonchev–Trinajstić information content (AvgIpc) is 2.89. The number of thioether (sulfide) groups is 1. The molecule has 1 saturated heterocycles. The van der Waals surface area contributed by atoms with Gasteiger partial charge in [-0.2, -0.15) is 11.8 Å². The number of rotatable bonds is 3. The maximum atomic E-state index is 5.66. The summed E-state index contributed by atoms with van der Waals surface area (Å²) in [6.45, 7) is 2.93. The van der Waals surface area contributed by atoms with Gasteiger partial charge in [-0.15, -0.1) is 10.2 Å². The summed E-state index contributed by atoms with van der Waals surface area (Å²) in [6.07, 6.45) is 3.46. The number of aromatic nitrogens is 3. The highest BCUT2D eigenvalue weighted by Gasteiger charge is 2.15. The SMILES string of the molecule is c1cncc(-c2nnc(CN3CCSCC3)o2)c1. The lowest BCUT2D eigenvalue weighted by molar-refractivity contribution is 0.263. The van der Waals surface area contributed by atoms with Gasteiger partial charge < -0.3 is 4.42 Å². The van der Waals surface area contributed by atoms with Gasteiger partial charge in [0.25, 0.3) is 0 Å². The standard InChI is InChI=1S/C12H14N4OS/c1-2-10(8-13-3-1)12-15-14-11(17-12)9-16-4-6-18-7-5-16/h1-3,8H,4-7,9H2. The zero-order valence-electron chi connectivity index (χ0n) is 9.95. The van der Waals surface area contributed by atoms with Gasteiger partial charge in [0.05, 0.1) is 12.1 Å². The summed E-state index contributed by atoms with van der Waals surface area (Å²) in [6, 6.07) is 3.78. The quantitative estimate of drug-likeness (QED) is 0.839. The molecular weight excluding hydrogens is 248 g/mol. The molecule has 0 aliphatic carbocycles. The molecule has 1 aliphatic heterocycles. The fourth-order valence-electron chi connectivity index (χ4n) is 1.87. The minimum atomic E-state index is 0.546. The fourth-order valence-corrected chi connectivity index (χ4v) is 2.85. The second-order valence-corrected chi connectivity index (χ2v) is 5.36. The molecule has 2 aromatic rings. The molecule has 0 aromatic carbocycles. The maximum absolute atomic E-state index is 5.66. The molecule has 1 aliphatic rings. The normalized spacial score (nSPS) is 16.9. The van der Waals surface area contributed by atoms with Crippen molar-refractivity contribution in [2.75, 3.05) is 24.6 Å². The Morgan fingerprint density at radius 3 is 2.94 bits per heavy atom. The molecule has 0 amide bonds. The van der Waals surface area contributed by atoms with Gasteiger partial charge in [0, 0.05) is 37.0 Å². The van der Waals surface area contributed by atoms with Crippen LogP contribution in [0.25, 0.3) is 11.5 Å². The zero-order valence-corrected chi connectivity index (χ0v) is 10.8. The molecule has 5 nitrogen and oxygen atoms in total. The van der Waals surface area contributed by atoms with Crippen molar-refractivity contribution < 1.29 is 4.42 Å². The van der Waals surface area contributed by atoms with E-state index in [1.807, 2.05) is 23.9 Å². The van der Waals surface area contributed by atoms with E-state index in [4.69, 9.17) is 4.42 Å². The lowest BCUT2D eigenvalue weighted by Gasteiger charge is -2.24. The molecule has 0 saturated carbocycles. The van der Waals surface area contributed by atoms with E-state index in [0.717, 1.165) is 25.2 Å². The average molecular weight is 262 g/mol. The molecule has 2 aromatic heterocycles. The largest absolute Gasteiger partial charge is 0.419 e. The first-order valence-electron chi connectivity index (χ1n) is 5.95. The van der Waals surface area contributed by atoms with Crippen molar-refractivity contribution in [1.29, 1.82) is 0 Å². The Hall–Kier alpha value is -1.40. The summed E-state index contributed by atoms with van der Waals surface area (Å²) in [5.41, 5.74) is 0.866. The van der Waals surface area contributed by atoms with Gasteiger partial charge in [-0.3, -0.25) is 9.88 Å². The molecule has 18 heavy (non-hydrogen) atoms. The number of hydrogen-bond donors (Lipinski definition) is 0. The number of nitrogens with zero attached hydrogens (tertiary/aromatic N) is 4. The molecule has 0 radical (unpaired) electrons. The monoisotopic (exact) mass is 262 g/mol. The van der Waals surface area contributed by atoms with Crippen LogP contribution in [0, 0.1) is 0 Å². The third-order valence-corrected chi connectivity index (χ3v) is 3.78. The van der Waals surface area contributed by atoms with Crippen LogP contribution in [0.4, 0.5) is 0 Å². The van der Waals surface area contributed by atoms with Gasteiger partial charge in [0.2, 0.25) is 11.8 Å². The fraction of sp³-hybridized carbons (Fsp3) is 0.417. The van der Waals surface area contributed by atoms with E-state index < -0.39 is 0 Å². The van der Waals surface area contributed by atoms with Crippen molar-refractivity contribution in [3.05, 3.63) is 30.4 Å². The number of hydrogen-bond acceptors (Lipinski definition) is 6. The minimum Gasteiger partial charge on any atom is -0.419 e. The van der Waals surface area contributed by atoms with E-state index in [0.29, 0.717) is 11.8 Å². The Labute approximate surface area is 110 Å². The molecule has 0 bridgehead atoms. The van der Waals surface area contributed by atoms with Gasteiger partial charge in [0.1, 0.15) is 0 Å². The highest BCUT2D eigenvalue weighted by molar-refractivity contribution is 7.99. The maximum Gasteiger partial charge on any atom is 0.249 e. The molecule has 0 spiro atoms. The highest BCUT2D eigenvalue weighted by Crippen LogP contribution is 2.18. The Morgan fingerprint density at radius 2 is 2.17 bits per heavy atom. The van der Waals surface area contributed by atoms with E-state index in [1.54, 1.807) is 12.4 Å². The van der Waals surface area contributed by atoms with Crippen molar-refractivity contribution >= 4 is 11.8 Å². The summed E-state index contributed by atoms with van der Waals surface area (Å²) in [5.74, 6) is 3.60. The second-order valence-electron chi connectivity index (χ2n) is 4.13. The van der Waals surface area contributed by atoms with E-state index >= 15 is 0 Å². The predicted molar refractivity (Wildman–Crippen MR) is 70.1 cm³/mol. The third-order valence-electron chi connectivity index (χ3n) is 2.84. The molecular formula is C12H14N4OS. The van der Waals surface area contributed by atoms with Crippen LogP contribution in [0.5, 0.6) is 0 Å². The zero-order chi connectivity index (χ0) is 12.2. The molecule has 0 unspecified atom stereocenters. The predicted octanol–water partition coefficient (Wildman–Crippen LogP) is 1.68. The summed E-state index contributed by atoms with van der Waals surface area (Å²) < 4.78 is 5.66. The van der Waals surface area contributed by atoms with Gasteiger partial charge in [0.15, 0.2) is 0 Å². The summed E-state index contributed by atoms with van der Waals surface area (Å²) in [7, 11) is 0. The van der Waals surface area contributed by atoms with Crippen LogP contribution in [-0.4, -0.2) is 44.7 Å². The molecule has 6 heteroatoms. The Kier molecular flexibility index (Phi) is 3.56. The van der Waals surface area contributed by atoms with Crippen molar-refractivity contribution in [2.24, 2.45) is 0 Å². The molecule has 94 valence electrons. The van der Waals surface area contributed by atoms with Gasteiger partial charge in [-0.05, 0) is 12.1 Å². The van der Waals surface area contributed by atoms with Crippen LogP contribution in [0.3, 0.4) is 0 Å². The van der Waals surface area contributed by atoms with Crippen LogP contribution in [0.2, 0.25) is 0 Å². The second kappa shape index (κ2) is 5.49. The molecule has 3 rings (SSSR count). The topological polar surface area (TPSA) is 55.1 Å². The molecule has 1 fully saturated rings. The summed E-state index contributed by atoms with van der Waals surface area (Å²) in [5, 5.41) is 8.16. The molecule has 0 N–H and O–H groups in total.